The summed E-state index contributed by atoms with van der Waals surface area (Å²) in [7, 11) is 0. The van der Waals surface area contributed by atoms with Gasteiger partial charge in [-0.3, -0.25) is 9.59 Å². The molecule has 0 saturated heterocycles. The Morgan fingerprint density at radius 1 is 1.35 bits per heavy atom. The molecule has 3 nitrogen and oxygen atoms in total. The van der Waals surface area contributed by atoms with Crippen molar-refractivity contribution in [2.75, 3.05) is 4.90 Å². The number of ketones is 1. The maximum absolute atomic E-state index is 12.5. The van der Waals surface area contributed by atoms with Crippen molar-refractivity contribution in [1.29, 1.82) is 0 Å². The molecule has 20 heavy (non-hydrogen) atoms. The van der Waals surface area contributed by atoms with Gasteiger partial charge in [-0.25, -0.2) is 0 Å². The predicted octanol–water partition coefficient (Wildman–Crippen LogP) is 3.91. The number of thioether (sulfide) groups is 1. The van der Waals surface area contributed by atoms with Crippen LogP contribution in [0.1, 0.15) is 50.9 Å². The molecule has 1 aliphatic heterocycles. The fourth-order valence-electron chi connectivity index (χ4n) is 2.45. The molecule has 0 saturated carbocycles. The molecule has 1 aliphatic rings. The van der Waals surface area contributed by atoms with Crippen LogP contribution in [0.15, 0.2) is 23.1 Å². The number of carbonyl (C=O) groups is 2. The monoisotopic (exact) mass is 291 g/mol. The summed E-state index contributed by atoms with van der Waals surface area (Å²) in [5.41, 5.74) is 1.58. The van der Waals surface area contributed by atoms with Crippen LogP contribution in [-0.2, 0) is 4.79 Å². The lowest BCUT2D eigenvalue weighted by Gasteiger charge is -2.36. The first kappa shape index (κ1) is 15.1. The smallest absolute Gasteiger partial charge is 0.240 e. The van der Waals surface area contributed by atoms with Crippen LogP contribution in [0.5, 0.6) is 0 Å². The molecule has 2 rings (SSSR count). The van der Waals surface area contributed by atoms with Crippen molar-refractivity contribution in [2.45, 2.75) is 56.7 Å². The van der Waals surface area contributed by atoms with Crippen LogP contribution >= 0.6 is 11.8 Å². The first-order valence-electron chi connectivity index (χ1n) is 7.16. The Balaban J connectivity index is 2.50. The lowest BCUT2D eigenvalue weighted by Crippen LogP contribution is -2.45. The third-order valence-corrected chi connectivity index (χ3v) is 4.95. The number of fused-ring (bicyclic) bond motifs is 1. The lowest BCUT2D eigenvalue weighted by molar-refractivity contribution is -0.118. The Kier molecular flexibility index (Phi) is 4.53. The maximum Gasteiger partial charge on any atom is 0.240 e. The highest BCUT2D eigenvalue weighted by atomic mass is 32.2. The van der Waals surface area contributed by atoms with Gasteiger partial charge in [-0.2, -0.15) is 0 Å². The number of rotatable bonds is 4. The number of hydrogen-bond acceptors (Lipinski definition) is 3. The largest absolute Gasteiger partial charge is 0.308 e. The zero-order chi connectivity index (χ0) is 14.9. The van der Waals surface area contributed by atoms with Crippen LogP contribution in [0.3, 0.4) is 0 Å². The van der Waals surface area contributed by atoms with Gasteiger partial charge in [0.1, 0.15) is 0 Å². The van der Waals surface area contributed by atoms with Crippen molar-refractivity contribution >= 4 is 29.1 Å². The van der Waals surface area contributed by atoms with Crippen LogP contribution in [0, 0.1) is 0 Å². The summed E-state index contributed by atoms with van der Waals surface area (Å²) in [5, 5.41) is -0.0161. The third kappa shape index (κ3) is 2.62. The van der Waals surface area contributed by atoms with E-state index in [2.05, 4.69) is 0 Å². The Bertz CT molecular complexity index is 539. The van der Waals surface area contributed by atoms with E-state index >= 15 is 0 Å². The van der Waals surface area contributed by atoms with Gasteiger partial charge in [-0.15, -0.1) is 11.8 Å². The van der Waals surface area contributed by atoms with E-state index in [1.165, 1.54) is 0 Å². The third-order valence-electron chi connectivity index (χ3n) is 3.53. The minimum Gasteiger partial charge on any atom is -0.308 e. The minimum atomic E-state index is -0.0161. The summed E-state index contributed by atoms with van der Waals surface area (Å²) in [4.78, 5) is 27.3. The quantitative estimate of drug-likeness (QED) is 0.789. The van der Waals surface area contributed by atoms with Crippen molar-refractivity contribution in [1.82, 2.24) is 0 Å². The second-order valence-electron chi connectivity index (χ2n) is 5.28. The van der Waals surface area contributed by atoms with Crippen LogP contribution in [0.25, 0.3) is 0 Å². The van der Waals surface area contributed by atoms with Gasteiger partial charge in [-0.1, -0.05) is 19.9 Å². The molecule has 0 N–H and O–H groups in total. The first-order valence-corrected chi connectivity index (χ1v) is 8.04. The van der Waals surface area contributed by atoms with Crippen molar-refractivity contribution in [3.8, 4) is 0 Å². The summed E-state index contributed by atoms with van der Waals surface area (Å²) in [6.07, 6.45) is 1.31. The van der Waals surface area contributed by atoms with Crippen LogP contribution in [-0.4, -0.2) is 23.0 Å². The van der Waals surface area contributed by atoms with Gasteiger partial charge in [0, 0.05) is 22.9 Å². The Morgan fingerprint density at radius 3 is 2.60 bits per heavy atom. The van der Waals surface area contributed by atoms with Crippen LogP contribution in [0.4, 0.5) is 5.69 Å². The van der Waals surface area contributed by atoms with E-state index in [0.717, 1.165) is 17.0 Å². The van der Waals surface area contributed by atoms with Crippen molar-refractivity contribution < 1.29 is 9.59 Å². The topological polar surface area (TPSA) is 37.4 Å². The summed E-state index contributed by atoms with van der Waals surface area (Å²) >= 11 is 1.61. The van der Waals surface area contributed by atoms with Gasteiger partial charge < -0.3 is 4.90 Å². The molecule has 1 aromatic carbocycles. The molecule has 0 aromatic heterocycles. The second-order valence-corrected chi connectivity index (χ2v) is 6.52. The van der Waals surface area contributed by atoms with Gasteiger partial charge in [0.25, 0.3) is 0 Å². The summed E-state index contributed by atoms with van der Waals surface area (Å²) < 4.78 is 0. The minimum absolute atomic E-state index is 0.0161. The molecular weight excluding hydrogens is 270 g/mol. The van der Waals surface area contributed by atoms with E-state index in [0.29, 0.717) is 12.0 Å². The van der Waals surface area contributed by atoms with E-state index in [9.17, 15) is 9.59 Å². The average molecular weight is 291 g/mol. The Morgan fingerprint density at radius 2 is 2.05 bits per heavy atom. The number of carbonyl (C=O) groups excluding carboxylic acids is 2. The van der Waals surface area contributed by atoms with E-state index in [1.54, 1.807) is 11.8 Å². The van der Waals surface area contributed by atoms with Crippen molar-refractivity contribution in [3.63, 3.8) is 0 Å². The molecule has 0 bridgehead atoms. The predicted molar refractivity (Wildman–Crippen MR) is 83.6 cm³/mol. The molecule has 1 aromatic rings. The second kappa shape index (κ2) is 6.00. The summed E-state index contributed by atoms with van der Waals surface area (Å²) in [6.45, 7) is 7.92. The SMILES string of the molecule is CCC(=O)c1ccc2c(c1)N(C(C)C)C(=O)C(CC)S2. The Hall–Kier alpha value is -1.29. The van der Waals surface area contributed by atoms with Gasteiger partial charge in [0.15, 0.2) is 5.78 Å². The standard InChI is InChI=1S/C16H21NO2S/c1-5-13(18)11-7-8-15-12(9-11)17(10(3)4)16(19)14(6-2)20-15/h7-10,14H,5-6H2,1-4H3. The first-order chi connectivity index (χ1) is 9.49. The fourth-order valence-corrected chi connectivity index (χ4v) is 3.56. The molecule has 0 aliphatic carbocycles. The molecule has 1 atom stereocenters. The molecular formula is C16H21NO2S. The van der Waals surface area contributed by atoms with E-state index in [4.69, 9.17) is 0 Å². The van der Waals surface area contributed by atoms with Crippen molar-refractivity contribution in [3.05, 3.63) is 23.8 Å². The molecule has 1 heterocycles. The summed E-state index contributed by atoms with van der Waals surface area (Å²) in [5.74, 6) is 0.271. The van der Waals surface area contributed by atoms with Crippen molar-refractivity contribution in [2.24, 2.45) is 0 Å². The molecule has 1 unspecified atom stereocenters. The average Bonchev–Trinajstić information content (AvgIpc) is 2.44. The zero-order valence-corrected chi connectivity index (χ0v) is 13.3. The lowest BCUT2D eigenvalue weighted by atomic mass is 10.1. The fraction of sp³-hybridized carbons (Fsp3) is 0.500. The van der Waals surface area contributed by atoms with Gasteiger partial charge >= 0.3 is 0 Å². The van der Waals surface area contributed by atoms with Crippen LogP contribution in [0.2, 0.25) is 0 Å². The number of benzene rings is 1. The number of anilines is 1. The van der Waals surface area contributed by atoms with Crippen LogP contribution < -0.4 is 4.90 Å². The molecule has 108 valence electrons. The molecule has 1 amide bonds. The van der Waals surface area contributed by atoms with Gasteiger partial charge in [-0.05, 0) is 32.4 Å². The highest BCUT2D eigenvalue weighted by Crippen LogP contribution is 2.41. The van der Waals surface area contributed by atoms with E-state index in [1.807, 2.05) is 50.8 Å². The number of hydrogen-bond donors (Lipinski definition) is 0. The molecule has 0 fully saturated rings. The Labute approximate surface area is 124 Å². The summed E-state index contributed by atoms with van der Waals surface area (Å²) in [6, 6.07) is 5.83. The van der Waals surface area contributed by atoms with E-state index in [-0.39, 0.29) is 23.0 Å². The molecule has 4 heteroatoms. The molecule has 0 radical (unpaired) electrons. The maximum atomic E-state index is 12.5. The van der Waals surface area contributed by atoms with Gasteiger partial charge in [0.2, 0.25) is 5.91 Å². The zero-order valence-electron chi connectivity index (χ0n) is 12.5. The number of Topliss-reactive ketones (excluding diaryl/α,β-unsaturated/α-hetero) is 1. The highest BCUT2D eigenvalue weighted by molar-refractivity contribution is 8.01. The highest BCUT2D eigenvalue weighted by Gasteiger charge is 2.34. The normalized spacial score (nSPS) is 18.4. The van der Waals surface area contributed by atoms with E-state index < -0.39 is 0 Å². The number of nitrogens with zero attached hydrogens (tertiary/aromatic N) is 1. The molecule has 0 spiro atoms. The van der Waals surface area contributed by atoms with Gasteiger partial charge in [0.05, 0.1) is 10.9 Å². The number of amides is 1.